The van der Waals surface area contributed by atoms with E-state index in [0.29, 0.717) is 6.04 Å². The molecule has 2 heterocycles. The zero-order valence-electron chi connectivity index (χ0n) is 8.83. The number of urea groups is 1. The SMILES string of the molecule is CCCCN1CC2CNCCN2C1=O. The number of piperazine rings is 1. The first-order valence-electron chi connectivity index (χ1n) is 5.59. The van der Waals surface area contributed by atoms with E-state index in [1.807, 2.05) is 9.80 Å². The molecule has 14 heavy (non-hydrogen) atoms. The minimum absolute atomic E-state index is 0.255. The second-order valence-corrected chi connectivity index (χ2v) is 4.13. The van der Waals surface area contributed by atoms with E-state index >= 15 is 0 Å². The standard InChI is InChI=1S/C10H19N3O/c1-2-3-5-12-8-9-7-11-4-6-13(9)10(12)14/h9,11H,2-8H2,1H3. The summed E-state index contributed by atoms with van der Waals surface area (Å²) in [5.74, 6) is 0. The van der Waals surface area contributed by atoms with Gasteiger partial charge in [-0.2, -0.15) is 0 Å². The van der Waals surface area contributed by atoms with E-state index in [1.165, 1.54) is 0 Å². The second-order valence-electron chi connectivity index (χ2n) is 4.13. The van der Waals surface area contributed by atoms with Gasteiger partial charge in [-0.05, 0) is 6.42 Å². The lowest BCUT2D eigenvalue weighted by molar-refractivity contribution is 0.179. The highest BCUT2D eigenvalue weighted by Crippen LogP contribution is 2.17. The molecule has 2 amide bonds. The topological polar surface area (TPSA) is 35.6 Å². The molecule has 0 saturated carbocycles. The predicted molar refractivity (Wildman–Crippen MR) is 55.2 cm³/mol. The van der Waals surface area contributed by atoms with Crippen LogP contribution in [0.15, 0.2) is 0 Å². The Morgan fingerprint density at radius 3 is 3.14 bits per heavy atom. The molecule has 0 radical (unpaired) electrons. The van der Waals surface area contributed by atoms with E-state index in [0.717, 1.165) is 45.6 Å². The highest BCUT2D eigenvalue weighted by Gasteiger charge is 2.37. The van der Waals surface area contributed by atoms with Gasteiger partial charge in [-0.3, -0.25) is 0 Å². The average molecular weight is 197 g/mol. The highest BCUT2D eigenvalue weighted by atomic mass is 16.2. The molecule has 80 valence electrons. The summed E-state index contributed by atoms with van der Waals surface area (Å²) in [6.45, 7) is 6.81. The molecule has 4 heteroatoms. The van der Waals surface area contributed by atoms with Crippen molar-refractivity contribution in [2.45, 2.75) is 25.8 Å². The highest BCUT2D eigenvalue weighted by molar-refractivity contribution is 5.77. The Kier molecular flexibility index (Phi) is 2.91. The molecule has 2 fully saturated rings. The zero-order chi connectivity index (χ0) is 9.97. The van der Waals surface area contributed by atoms with Crippen LogP contribution < -0.4 is 5.32 Å². The minimum atomic E-state index is 0.255. The third-order valence-corrected chi connectivity index (χ3v) is 3.08. The van der Waals surface area contributed by atoms with Gasteiger partial charge >= 0.3 is 6.03 Å². The van der Waals surface area contributed by atoms with Crippen molar-refractivity contribution in [2.24, 2.45) is 0 Å². The maximum Gasteiger partial charge on any atom is 0.320 e. The molecule has 0 aromatic carbocycles. The maximum absolute atomic E-state index is 11.9. The lowest BCUT2D eigenvalue weighted by atomic mass is 10.2. The van der Waals surface area contributed by atoms with Crippen molar-refractivity contribution in [1.82, 2.24) is 15.1 Å². The van der Waals surface area contributed by atoms with Gasteiger partial charge in [0.05, 0.1) is 6.04 Å². The van der Waals surface area contributed by atoms with Gasteiger partial charge in [0.25, 0.3) is 0 Å². The predicted octanol–water partition coefficient (Wildman–Crippen LogP) is 0.496. The van der Waals surface area contributed by atoms with E-state index < -0.39 is 0 Å². The number of fused-ring (bicyclic) bond motifs is 1. The van der Waals surface area contributed by atoms with Crippen LogP contribution in [0, 0.1) is 0 Å². The number of amides is 2. The van der Waals surface area contributed by atoms with Crippen LogP contribution in [0.25, 0.3) is 0 Å². The molecule has 0 bridgehead atoms. The number of rotatable bonds is 3. The van der Waals surface area contributed by atoms with Gasteiger partial charge < -0.3 is 15.1 Å². The summed E-state index contributed by atoms with van der Waals surface area (Å²) in [4.78, 5) is 15.9. The summed E-state index contributed by atoms with van der Waals surface area (Å²) in [6, 6.07) is 0.679. The maximum atomic E-state index is 11.9. The Hall–Kier alpha value is -0.770. The molecule has 1 atom stereocenters. The van der Waals surface area contributed by atoms with Crippen LogP contribution in [-0.2, 0) is 0 Å². The molecular formula is C10H19N3O. The second kappa shape index (κ2) is 4.17. The van der Waals surface area contributed by atoms with Crippen LogP contribution in [0.1, 0.15) is 19.8 Å². The smallest absolute Gasteiger partial charge is 0.320 e. The van der Waals surface area contributed by atoms with Crippen LogP contribution in [0.4, 0.5) is 4.79 Å². The van der Waals surface area contributed by atoms with E-state index in [-0.39, 0.29) is 6.03 Å². The molecular weight excluding hydrogens is 178 g/mol. The number of unbranched alkanes of at least 4 members (excludes halogenated alkanes) is 1. The third kappa shape index (κ3) is 1.71. The number of carbonyl (C=O) groups is 1. The number of carbonyl (C=O) groups excluding carboxylic acids is 1. The Morgan fingerprint density at radius 1 is 1.57 bits per heavy atom. The van der Waals surface area contributed by atoms with Crippen molar-refractivity contribution < 1.29 is 4.79 Å². The summed E-state index contributed by atoms with van der Waals surface area (Å²) in [5.41, 5.74) is 0. The molecule has 0 aliphatic carbocycles. The van der Waals surface area contributed by atoms with Gasteiger partial charge in [0.2, 0.25) is 0 Å². The van der Waals surface area contributed by atoms with E-state index in [9.17, 15) is 4.79 Å². The lowest BCUT2D eigenvalue weighted by Crippen LogP contribution is -2.49. The molecule has 0 aromatic rings. The Labute approximate surface area is 85.2 Å². The average Bonchev–Trinajstić information content (AvgIpc) is 2.54. The van der Waals surface area contributed by atoms with Crippen LogP contribution in [-0.4, -0.2) is 54.6 Å². The van der Waals surface area contributed by atoms with Crippen molar-refractivity contribution in [3.8, 4) is 0 Å². The van der Waals surface area contributed by atoms with E-state index in [1.54, 1.807) is 0 Å². The normalized spacial score (nSPS) is 26.9. The van der Waals surface area contributed by atoms with Crippen LogP contribution >= 0.6 is 0 Å². The van der Waals surface area contributed by atoms with Crippen LogP contribution in [0.3, 0.4) is 0 Å². The Morgan fingerprint density at radius 2 is 2.43 bits per heavy atom. The number of nitrogens with one attached hydrogen (secondary N) is 1. The molecule has 2 rings (SSSR count). The minimum Gasteiger partial charge on any atom is -0.323 e. The van der Waals surface area contributed by atoms with E-state index in [4.69, 9.17) is 0 Å². The molecule has 2 saturated heterocycles. The number of nitrogens with zero attached hydrogens (tertiary/aromatic N) is 2. The summed E-state index contributed by atoms with van der Waals surface area (Å²) in [5, 5.41) is 3.33. The Balaban J connectivity index is 1.92. The van der Waals surface area contributed by atoms with Crippen LogP contribution in [0.2, 0.25) is 0 Å². The lowest BCUT2D eigenvalue weighted by Gasteiger charge is -2.28. The van der Waals surface area contributed by atoms with Gasteiger partial charge in [-0.1, -0.05) is 13.3 Å². The first-order chi connectivity index (χ1) is 6.83. The fourth-order valence-electron chi connectivity index (χ4n) is 2.23. The van der Waals surface area contributed by atoms with Crippen molar-refractivity contribution in [2.75, 3.05) is 32.7 Å². The molecule has 2 aliphatic rings. The molecule has 2 aliphatic heterocycles. The fraction of sp³-hybridized carbons (Fsp3) is 0.900. The quantitative estimate of drug-likeness (QED) is 0.715. The summed E-state index contributed by atoms with van der Waals surface area (Å²) in [6.07, 6.45) is 2.28. The summed E-state index contributed by atoms with van der Waals surface area (Å²) in [7, 11) is 0. The summed E-state index contributed by atoms with van der Waals surface area (Å²) >= 11 is 0. The first kappa shape index (κ1) is 9.77. The molecule has 0 aromatic heterocycles. The molecule has 1 N–H and O–H groups in total. The van der Waals surface area contributed by atoms with Crippen molar-refractivity contribution in [3.05, 3.63) is 0 Å². The van der Waals surface area contributed by atoms with Gasteiger partial charge in [-0.15, -0.1) is 0 Å². The van der Waals surface area contributed by atoms with Crippen molar-refractivity contribution in [1.29, 1.82) is 0 Å². The van der Waals surface area contributed by atoms with Gasteiger partial charge in [0.1, 0.15) is 0 Å². The first-order valence-corrected chi connectivity index (χ1v) is 5.59. The van der Waals surface area contributed by atoms with Crippen molar-refractivity contribution in [3.63, 3.8) is 0 Å². The van der Waals surface area contributed by atoms with Gasteiger partial charge in [0.15, 0.2) is 0 Å². The van der Waals surface area contributed by atoms with E-state index in [2.05, 4.69) is 12.2 Å². The molecule has 0 spiro atoms. The van der Waals surface area contributed by atoms with Crippen molar-refractivity contribution >= 4 is 6.03 Å². The Bertz CT molecular complexity index is 219. The van der Waals surface area contributed by atoms with Crippen LogP contribution in [0.5, 0.6) is 0 Å². The van der Waals surface area contributed by atoms with Gasteiger partial charge in [0, 0.05) is 32.7 Å². The molecule has 4 nitrogen and oxygen atoms in total. The monoisotopic (exact) mass is 197 g/mol. The van der Waals surface area contributed by atoms with Gasteiger partial charge in [-0.25, -0.2) is 4.79 Å². The summed E-state index contributed by atoms with van der Waals surface area (Å²) < 4.78 is 0. The zero-order valence-corrected chi connectivity index (χ0v) is 8.83. The fourth-order valence-corrected chi connectivity index (χ4v) is 2.23. The molecule has 1 unspecified atom stereocenters. The number of hydrogen-bond acceptors (Lipinski definition) is 2. The largest absolute Gasteiger partial charge is 0.323 e. The third-order valence-electron chi connectivity index (χ3n) is 3.08. The number of hydrogen-bond donors (Lipinski definition) is 1.